The van der Waals surface area contributed by atoms with Gasteiger partial charge in [-0.3, -0.25) is 9.69 Å². The van der Waals surface area contributed by atoms with Crippen LogP contribution in [0.1, 0.15) is 38.4 Å². The van der Waals surface area contributed by atoms with Gasteiger partial charge in [-0.05, 0) is 73.9 Å². The van der Waals surface area contributed by atoms with Crippen LogP contribution in [-0.4, -0.2) is 34.5 Å². The van der Waals surface area contributed by atoms with E-state index in [2.05, 4.69) is 21.2 Å². The first-order chi connectivity index (χ1) is 16.2. The van der Waals surface area contributed by atoms with Crippen molar-refractivity contribution in [3.8, 4) is 5.69 Å². The number of hydrogen-bond acceptors (Lipinski definition) is 4. The molecule has 2 aromatic carbocycles. The fourth-order valence-electron chi connectivity index (χ4n) is 4.04. The van der Waals surface area contributed by atoms with Crippen molar-refractivity contribution in [1.82, 2.24) is 14.8 Å². The molecule has 1 fully saturated rings. The van der Waals surface area contributed by atoms with Gasteiger partial charge in [-0.25, -0.2) is 9.59 Å². The molecule has 1 aliphatic rings. The maximum atomic E-state index is 13.0. The van der Waals surface area contributed by atoms with Crippen molar-refractivity contribution in [2.75, 3.05) is 7.11 Å². The molecule has 0 atom stereocenters. The molecule has 4 rings (SSSR count). The van der Waals surface area contributed by atoms with Crippen LogP contribution >= 0.6 is 15.9 Å². The summed E-state index contributed by atoms with van der Waals surface area (Å²) in [5.74, 6) is -0.780. The van der Waals surface area contributed by atoms with Crippen molar-refractivity contribution >= 4 is 39.9 Å². The molecule has 0 spiro atoms. The van der Waals surface area contributed by atoms with Gasteiger partial charge in [-0.1, -0.05) is 34.1 Å². The number of hydrogen-bond donors (Lipinski definition) is 1. The number of carbonyl (C=O) groups is 3. The molecule has 0 bridgehead atoms. The average molecular weight is 522 g/mol. The van der Waals surface area contributed by atoms with Crippen LogP contribution in [0.4, 0.5) is 4.79 Å². The average Bonchev–Trinajstić information content (AvgIpc) is 3.24. The van der Waals surface area contributed by atoms with Crippen molar-refractivity contribution in [2.45, 2.75) is 27.3 Å². The molecular weight excluding hydrogens is 498 g/mol. The van der Waals surface area contributed by atoms with Gasteiger partial charge in [0, 0.05) is 21.5 Å². The summed E-state index contributed by atoms with van der Waals surface area (Å²) in [4.78, 5) is 38.7. The number of ether oxygens (including phenoxy) is 1. The fraction of sp³-hybridized carbons (Fsp3) is 0.192. The first-order valence-electron chi connectivity index (χ1n) is 10.7. The number of benzene rings is 2. The molecule has 3 amide bonds. The standard InChI is InChI=1S/C26H24BrN3O4/c1-15-5-8-19(25(32)34-4)13-23(15)30-16(2)11-20(17(30)3)12-22-24(31)29(26(33)28-22)14-18-6-9-21(27)10-7-18/h5-13H,14H2,1-4H3,(H,28,33)/b22-12+. The molecule has 7 nitrogen and oxygen atoms in total. The molecule has 1 saturated heterocycles. The highest BCUT2D eigenvalue weighted by Gasteiger charge is 2.33. The second-order valence-electron chi connectivity index (χ2n) is 8.16. The molecular formula is C26H24BrN3O4. The van der Waals surface area contributed by atoms with Crippen molar-refractivity contribution in [1.29, 1.82) is 0 Å². The van der Waals surface area contributed by atoms with E-state index in [1.54, 1.807) is 18.2 Å². The third-order valence-corrected chi connectivity index (χ3v) is 6.39. The van der Waals surface area contributed by atoms with E-state index >= 15 is 0 Å². The minimum atomic E-state index is -0.449. The predicted octanol–water partition coefficient (Wildman–Crippen LogP) is 5.04. The highest BCUT2D eigenvalue weighted by Crippen LogP contribution is 2.27. The molecule has 0 unspecified atom stereocenters. The van der Waals surface area contributed by atoms with Gasteiger partial charge in [0.15, 0.2) is 0 Å². The van der Waals surface area contributed by atoms with Crippen LogP contribution < -0.4 is 5.32 Å². The first-order valence-corrected chi connectivity index (χ1v) is 11.5. The van der Waals surface area contributed by atoms with Gasteiger partial charge in [0.1, 0.15) is 5.70 Å². The number of carbonyl (C=O) groups excluding carboxylic acids is 3. The lowest BCUT2D eigenvalue weighted by Crippen LogP contribution is -2.30. The number of halogens is 1. The van der Waals surface area contributed by atoms with Gasteiger partial charge in [-0.2, -0.15) is 0 Å². The first kappa shape index (κ1) is 23.5. The molecule has 1 aromatic heterocycles. The molecule has 0 aliphatic carbocycles. The maximum Gasteiger partial charge on any atom is 0.337 e. The normalized spacial score (nSPS) is 14.6. The van der Waals surface area contributed by atoms with Crippen LogP contribution in [0, 0.1) is 20.8 Å². The number of imide groups is 1. The van der Waals surface area contributed by atoms with Crippen LogP contribution in [0.25, 0.3) is 11.8 Å². The van der Waals surface area contributed by atoms with E-state index in [9.17, 15) is 14.4 Å². The van der Waals surface area contributed by atoms with E-state index in [-0.39, 0.29) is 18.1 Å². The molecule has 174 valence electrons. The zero-order valence-electron chi connectivity index (χ0n) is 19.3. The highest BCUT2D eigenvalue weighted by atomic mass is 79.9. The lowest BCUT2D eigenvalue weighted by atomic mass is 10.1. The Morgan fingerprint density at radius 2 is 1.76 bits per heavy atom. The summed E-state index contributed by atoms with van der Waals surface area (Å²) < 4.78 is 7.81. The highest BCUT2D eigenvalue weighted by molar-refractivity contribution is 9.10. The quantitative estimate of drug-likeness (QED) is 0.289. The van der Waals surface area contributed by atoms with E-state index < -0.39 is 12.0 Å². The number of amides is 3. The molecule has 1 aliphatic heterocycles. The number of methoxy groups -OCH3 is 1. The molecule has 1 N–H and O–H groups in total. The number of rotatable bonds is 5. The Hall–Kier alpha value is -3.65. The number of nitrogens with one attached hydrogen (secondary N) is 1. The van der Waals surface area contributed by atoms with Gasteiger partial charge in [-0.15, -0.1) is 0 Å². The summed E-state index contributed by atoms with van der Waals surface area (Å²) in [5.41, 5.74) is 5.98. The Morgan fingerprint density at radius 1 is 1.06 bits per heavy atom. The van der Waals surface area contributed by atoms with E-state index in [1.807, 2.05) is 61.7 Å². The Morgan fingerprint density at radius 3 is 2.44 bits per heavy atom. The third kappa shape index (κ3) is 4.41. The zero-order chi connectivity index (χ0) is 24.6. The number of aromatic nitrogens is 1. The maximum absolute atomic E-state index is 13.0. The fourth-order valence-corrected chi connectivity index (χ4v) is 4.31. The smallest absolute Gasteiger partial charge is 0.337 e. The van der Waals surface area contributed by atoms with Crippen LogP contribution in [0.15, 0.2) is 58.7 Å². The zero-order valence-corrected chi connectivity index (χ0v) is 20.9. The minimum absolute atomic E-state index is 0.188. The second-order valence-corrected chi connectivity index (χ2v) is 9.08. The van der Waals surface area contributed by atoms with E-state index in [0.29, 0.717) is 5.56 Å². The summed E-state index contributed by atoms with van der Waals surface area (Å²) in [7, 11) is 1.35. The molecule has 8 heteroatoms. The van der Waals surface area contributed by atoms with Crippen molar-refractivity contribution in [3.05, 3.63) is 92.3 Å². The molecule has 34 heavy (non-hydrogen) atoms. The van der Waals surface area contributed by atoms with Gasteiger partial charge in [0.05, 0.1) is 19.2 Å². The molecule has 3 aromatic rings. The Kier molecular flexibility index (Phi) is 6.43. The molecule has 2 heterocycles. The predicted molar refractivity (Wildman–Crippen MR) is 133 cm³/mol. The number of esters is 1. The van der Waals surface area contributed by atoms with Gasteiger partial charge in [0.2, 0.25) is 0 Å². The number of urea groups is 1. The van der Waals surface area contributed by atoms with Gasteiger partial charge >= 0.3 is 12.0 Å². The molecule has 0 saturated carbocycles. The van der Waals surface area contributed by atoms with Crippen LogP contribution in [-0.2, 0) is 16.1 Å². The Balaban J connectivity index is 1.66. The van der Waals surface area contributed by atoms with Crippen LogP contribution in [0.2, 0.25) is 0 Å². The van der Waals surface area contributed by atoms with E-state index in [4.69, 9.17) is 4.74 Å². The van der Waals surface area contributed by atoms with E-state index in [1.165, 1.54) is 12.0 Å². The third-order valence-electron chi connectivity index (χ3n) is 5.86. The van der Waals surface area contributed by atoms with Gasteiger partial charge in [0.25, 0.3) is 5.91 Å². The lowest BCUT2D eigenvalue weighted by molar-refractivity contribution is -0.123. The largest absolute Gasteiger partial charge is 0.465 e. The second kappa shape index (κ2) is 9.30. The van der Waals surface area contributed by atoms with Crippen molar-refractivity contribution < 1.29 is 19.1 Å². The monoisotopic (exact) mass is 521 g/mol. The number of aryl methyl sites for hydroxylation is 2. The van der Waals surface area contributed by atoms with E-state index in [0.717, 1.165) is 38.2 Å². The Labute approximate surface area is 206 Å². The summed E-state index contributed by atoms with van der Waals surface area (Å²) in [6, 6.07) is 14.4. The summed E-state index contributed by atoms with van der Waals surface area (Å²) in [6.07, 6.45) is 1.69. The van der Waals surface area contributed by atoms with Gasteiger partial charge < -0.3 is 14.6 Å². The minimum Gasteiger partial charge on any atom is -0.465 e. The van der Waals surface area contributed by atoms with Crippen LogP contribution in [0.5, 0.6) is 0 Å². The van der Waals surface area contributed by atoms with Crippen LogP contribution in [0.3, 0.4) is 0 Å². The topological polar surface area (TPSA) is 80.6 Å². The summed E-state index contributed by atoms with van der Waals surface area (Å²) >= 11 is 3.39. The van der Waals surface area contributed by atoms with Crippen molar-refractivity contribution in [2.24, 2.45) is 0 Å². The lowest BCUT2D eigenvalue weighted by Gasteiger charge is -2.14. The Bertz CT molecular complexity index is 1340. The molecule has 0 radical (unpaired) electrons. The number of nitrogens with zero attached hydrogens (tertiary/aromatic N) is 2. The summed E-state index contributed by atoms with van der Waals surface area (Å²) in [5, 5.41) is 2.69. The summed E-state index contributed by atoms with van der Waals surface area (Å²) in [6.45, 7) is 6.04. The van der Waals surface area contributed by atoms with Crippen molar-refractivity contribution in [3.63, 3.8) is 0 Å². The SMILES string of the molecule is COC(=O)c1ccc(C)c(-n2c(C)cc(/C=C3/NC(=O)N(Cc4ccc(Br)cc4)C3=O)c2C)c1.